The minimum Gasteiger partial charge on any atom is -0.465 e. The van der Waals surface area contributed by atoms with Crippen LogP contribution in [0.4, 0.5) is 4.39 Å². The Morgan fingerprint density at radius 3 is 2.64 bits per heavy atom. The van der Waals surface area contributed by atoms with E-state index >= 15 is 0 Å². The van der Waals surface area contributed by atoms with Crippen LogP contribution in [-0.4, -0.2) is 46.4 Å². The number of halogens is 1. The standard InChI is InChI=1S/C22H25FN2O3/c1-3-28-22(27)13(2)25-16-5-6-17(25)11-14(10-16)21(26)18-8-9-24-20-7-4-15(23)12-19(18)20/h4,7-9,12-14,16-17H,3,5-6,10-11H2,1-2H3. The number of Topliss-reactive ketones (excluding diaryl/α,β-unsaturated/α-hetero) is 1. The van der Waals surface area contributed by atoms with E-state index in [1.807, 2.05) is 13.8 Å². The summed E-state index contributed by atoms with van der Waals surface area (Å²) in [4.78, 5) is 32.0. The lowest BCUT2D eigenvalue weighted by molar-refractivity contribution is -0.151. The number of nitrogens with zero attached hydrogens (tertiary/aromatic N) is 2. The van der Waals surface area contributed by atoms with Crippen LogP contribution in [-0.2, 0) is 9.53 Å². The Morgan fingerprint density at radius 1 is 1.25 bits per heavy atom. The number of hydrogen-bond donors (Lipinski definition) is 0. The molecule has 148 valence electrons. The summed E-state index contributed by atoms with van der Waals surface area (Å²) in [6, 6.07) is 6.17. The molecule has 1 aromatic heterocycles. The average molecular weight is 384 g/mol. The Labute approximate surface area is 163 Å². The maximum absolute atomic E-state index is 13.7. The Morgan fingerprint density at radius 2 is 1.96 bits per heavy atom. The zero-order chi connectivity index (χ0) is 19.8. The van der Waals surface area contributed by atoms with E-state index in [1.165, 1.54) is 12.1 Å². The maximum Gasteiger partial charge on any atom is 0.323 e. The van der Waals surface area contributed by atoms with Crippen LogP contribution in [0.25, 0.3) is 10.9 Å². The summed E-state index contributed by atoms with van der Waals surface area (Å²) >= 11 is 0. The third-order valence-corrected chi connectivity index (χ3v) is 6.20. The highest BCUT2D eigenvalue weighted by Gasteiger charge is 2.46. The first-order valence-corrected chi connectivity index (χ1v) is 10.0. The van der Waals surface area contributed by atoms with E-state index in [2.05, 4.69) is 9.88 Å². The largest absolute Gasteiger partial charge is 0.465 e. The van der Waals surface area contributed by atoms with Gasteiger partial charge in [0, 0.05) is 35.1 Å². The van der Waals surface area contributed by atoms with Crippen molar-refractivity contribution in [3.8, 4) is 0 Å². The SMILES string of the molecule is CCOC(=O)C(C)N1C2CCC1CC(C(=O)c1ccnc3ccc(F)cc13)C2. The molecule has 0 N–H and O–H groups in total. The fraction of sp³-hybridized carbons (Fsp3) is 0.500. The molecule has 28 heavy (non-hydrogen) atoms. The molecule has 2 fully saturated rings. The number of piperidine rings is 1. The highest BCUT2D eigenvalue weighted by Crippen LogP contribution is 2.41. The highest BCUT2D eigenvalue weighted by molar-refractivity contribution is 6.08. The molecule has 0 saturated carbocycles. The second kappa shape index (κ2) is 7.59. The number of carbonyl (C=O) groups is 2. The molecule has 0 aliphatic carbocycles. The molecule has 2 aromatic rings. The lowest BCUT2D eigenvalue weighted by Gasteiger charge is -2.41. The number of ether oxygens (including phenoxy) is 1. The van der Waals surface area contributed by atoms with Gasteiger partial charge in [-0.15, -0.1) is 0 Å². The van der Waals surface area contributed by atoms with Crippen LogP contribution in [0.15, 0.2) is 30.5 Å². The lowest BCUT2D eigenvalue weighted by atomic mass is 9.83. The van der Waals surface area contributed by atoms with Crippen LogP contribution < -0.4 is 0 Å². The van der Waals surface area contributed by atoms with E-state index < -0.39 is 0 Å². The predicted molar refractivity (Wildman–Crippen MR) is 103 cm³/mol. The van der Waals surface area contributed by atoms with Crippen LogP contribution >= 0.6 is 0 Å². The van der Waals surface area contributed by atoms with Crippen LogP contribution in [0.5, 0.6) is 0 Å². The van der Waals surface area contributed by atoms with E-state index in [0.717, 1.165) is 25.7 Å². The number of hydrogen-bond acceptors (Lipinski definition) is 5. The van der Waals surface area contributed by atoms with Crippen molar-refractivity contribution in [1.29, 1.82) is 0 Å². The second-order valence-corrected chi connectivity index (χ2v) is 7.81. The van der Waals surface area contributed by atoms with Gasteiger partial charge in [0.1, 0.15) is 11.9 Å². The van der Waals surface area contributed by atoms with Gasteiger partial charge in [0.25, 0.3) is 0 Å². The first kappa shape index (κ1) is 19.0. The fourth-order valence-electron chi connectivity index (χ4n) is 5.00. The van der Waals surface area contributed by atoms with Gasteiger partial charge in [-0.2, -0.15) is 0 Å². The van der Waals surface area contributed by atoms with E-state index in [9.17, 15) is 14.0 Å². The molecule has 0 amide bonds. The Bertz CT molecular complexity index is 902. The molecule has 3 heterocycles. The van der Waals surface area contributed by atoms with E-state index in [0.29, 0.717) is 23.1 Å². The number of benzene rings is 1. The van der Waals surface area contributed by atoms with Crippen LogP contribution in [0.3, 0.4) is 0 Å². The molecule has 2 saturated heterocycles. The summed E-state index contributed by atoms with van der Waals surface area (Å²) in [7, 11) is 0. The molecule has 3 unspecified atom stereocenters. The van der Waals surface area contributed by atoms with Crippen molar-refractivity contribution in [3.05, 3.63) is 41.8 Å². The average Bonchev–Trinajstić information content (AvgIpc) is 2.95. The van der Waals surface area contributed by atoms with Crippen LogP contribution in [0.1, 0.15) is 49.9 Å². The number of carbonyl (C=O) groups excluding carboxylic acids is 2. The topological polar surface area (TPSA) is 59.5 Å². The first-order chi connectivity index (χ1) is 13.5. The number of rotatable bonds is 5. The molecule has 2 aliphatic rings. The van der Waals surface area contributed by atoms with Crippen molar-refractivity contribution in [2.45, 2.75) is 57.7 Å². The van der Waals surface area contributed by atoms with Gasteiger partial charge in [0.05, 0.1) is 12.1 Å². The van der Waals surface area contributed by atoms with Gasteiger partial charge >= 0.3 is 5.97 Å². The highest BCUT2D eigenvalue weighted by atomic mass is 19.1. The number of esters is 1. The van der Waals surface area contributed by atoms with Gasteiger partial charge in [-0.25, -0.2) is 4.39 Å². The lowest BCUT2D eigenvalue weighted by Crippen LogP contribution is -2.52. The molecule has 0 spiro atoms. The Hall–Kier alpha value is -2.34. The van der Waals surface area contributed by atoms with Crippen LogP contribution in [0, 0.1) is 11.7 Å². The molecule has 6 heteroatoms. The Kier molecular flexibility index (Phi) is 5.15. The molecular formula is C22H25FN2O3. The summed E-state index contributed by atoms with van der Waals surface area (Å²) < 4.78 is 18.9. The molecule has 5 nitrogen and oxygen atoms in total. The summed E-state index contributed by atoms with van der Waals surface area (Å²) in [5.41, 5.74) is 1.17. The first-order valence-electron chi connectivity index (χ1n) is 10.0. The van der Waals surface area contributed by atoms with E-state index in [-0.39, 0.29) is 41.6 Å². The predicted octanol–water partition coefficient (Wildman–Crippen LogP) is 3.75. The second-order valence-electron chi connectivity index (χ2n) is 7.81. The van der Waals surface area contributed by atoms with Crippen LogP contribution in [0.2, 0.25) is 0 Å². The van der Waals surface area contributed by atoms with Crippen molar-refractivity contribution in [2.75, 3.05) is 6.61 Å². The van der Waals surface area contributed by atoms with Crippen molar-refractivity contribution in [1.82, 2.24) is 9.88 Å². The third-order valence-electron chi connectivity index (χ3n) is 6.20. The molecule has 3 atom stereocenters. The number of ketones is 1. The molecule has 2 aliphatic heterocycles. The fourth-order valence-corrected chi connectivity index (χ4v) is 5.00. The van der Waals surface area contributed by atoms with Gasteiger partial charge < -0.3 is 4.74 Å². The zero-order valence-electron chi connectivity index (χ0n) is 16.2. The normalized spacial score (nSPS) is 25.6. The van der Waals surface area contributed by atoms with Gasteiger partial charge in [0.2, 0.25) is 0 Å². The number of aromatic nitrogens is 1. The summed E-state index contributed by atoms with van der Waals surface area (Å²) in [5.74, 6) is -0.622. The maximum atomic E-state index is 13.7. The van der Waals surface area contributed by atoms with Gasteiger partial charge in [-0.05, 0) is 63.8 Å². The smallest absolute Gasteiger partial charge is 0.323 e. The van der Waals surface area contributed by atoms with E-state index in [1.54, 1.807) is 18.3 Å². The minimum atomic E-state index is -0.368. The molecule has 2 bridgehead atoms. The Balaban J connectivity index is 1.56. The summed E-state index contributed by atoms with van der Waals surface area (Å²) in [6.45, 7) is 4.08. The monoisotopic (exact) mass is 384 g/mol. The summed E-state index contributed by atoms with van der Waals surface area (Å²) in [5, 5.41) is 0.571. The number of pyridine rings is 1. The summed E-state index contributed by atoms with van der Waals surface area (Å²) in [6.07, 6.45) is 5.03. The molecule has 4 rings (SSSR count). The van der Waals surface area contributed by atoms with Crippen molar-refractivity contribution in [3.63, 3.8) is 0 Å². The van der Waals surface area contributed by atoms with Crippen molar-refractivity contribution < 1.29 is 18.7 Å². The van der Waals surface area contributed by atoms with Gasteiger partial charge in [-0.1, -0.05) is 0 Å². The molecule has 0 radical (unpaired) electrons. The van der Waals surface area contributed by atoms with Crippen molar-refractivity contribution >= 4 is 22.7 Å². The van der Waals surface area contributed by atoms with Gasteiger partial charge in [-0.3, -0.25) is 19.5 Å². The van der Waals surface area contributed by atoms with E-state index in [4.69, 9.17) is 4.74 Å². The van der Waals surface area contributed by atoms with Crippen molar-refractivity contribution in [2.24, 2.45) is 5.92 Å². The third kappa shape index (κ3) is 3.30. The zero-order valence-corrected chi connectivity index (χ0v) is 16.2. The van der Waals surface area contributed by atoms with Gasteiger partial charge in [0.15, 0.2) is 5.78 Å². The quantitative estimate of drug-likeness (QED) is 0.580. The molecular weight excluding hydrogens is 359 g/mol. The molecule has 1 aromatic carbocycles. The number of fused-ring (bicyclic) bond motifs is 3. The minimum absolute atomic E-state index is 0.0540.